The molecule has 1 aliphatic heterocycles. The highest BCUT2D eigenvalue weighted by molar-refractivity contribution is 5.30. The van der Waals surface area contributed by atoms with E-state index in [9.17, 15) is 0 Å². The first-order valence-electron chi connectivity index (χ1n) is 4.62. The van der Waals surface area contributed by atoms with Gasteiger partial charge in [-0.15, -0.1) is 0 Å². The maximum atomic E-state index is 4.32. The van der Waals surface area contributed by atoms with Crippen LogP contribution in [0.1, 0.15) is 40.5 Å². The van der Waals surface area contributed by atoms with Gasteiger partial charge in [-0.3, -0.25) is 0 Å². The second-order valence-electron chi connectivity index (χ2n) is 3.93. The van der Waals surface area contributed by atoms with Gasteiger partial charge in [0.15, 0.2) is 0 Å². The summed E-state index contributed by atoms with van der Waals surface area (Å²) >= 11 is 0. The average Bonchev–Trinajstić information content (AvgIpc) is 2.32. The lowest BCUT2D eigenvalue weighted by atomic mass is 9.79. The highest BCUT2D eigenvalue weighted by atomic mass is 15.2. The second-order valence-corrected chi connectivity index (χ2v) is 3.93. The molecule has 0 radical (unpaired) electrons. The van der Waals surface area contributed by atoms with Gasteiger partial charge in [0.05, 0.1) is 0 Å². The van der Waals surface area contributed by atoms with E-state index >= 15 is 0 Å². The first kappa shape index (κ1) is 9.43. The Labute approximate surface area is 74.8 Å². The molecule has 1 aliphatic rings. The van der Waals surface area contributed by atoms with E-state index in [1.807, 2.05) is 0 Å². The summed E-state index contributed by atoms with van der Waals surface area (Å²) in [6.07, 6.45) is 1.98. The fourth-order valence-electron chi connectivity index (χ4n) is 1.49. The molecule has 0 fully saturated rings. The lowest BCUT2D eigenvalue weighted by Crippen LogP contribution is -2.30. The van der Waals surface area contributed by atoms with Gasteiger partial charge in [-0.05, 0) is 32.3 Å². The maximum Gasteiger partial charge on any atom is 0.102 e. The molecule has 0 aromatic heterocycles. The van der Waals surface area contributed by atoms with Crippen molar-refractivity contribution in [2.75, 3.05) is 0 Å². The van der Waals surface area contributed by atoms with E-state index in [1.54, 1.807) is 0 Å². The topological polar surface area (TPSA) is 24.7 Å². The summed E-state index contributed by atoms with van der Waals surface area (Å²) in [5.74, 6) is 0. The molecule has 68 valence electrons. The number of azo groups is 1. The Morgan fingerprint density at radius 2 is 1.42 bits per heavy atom. The number of rotatable bonds is 2. The molecule has 1 rings (SSSR count). The van der Waals surface area contributed by atoms with E-state index in [2.05, 4.69) is 44.5 Å². The van der Waals surface area contributed by atoms with Gasteiger partial charge in [0, 0.05) is 0 Å². The van der Waals surface area contributed by atoms with Gasteiger partial charge >= 0.3 is 0 Å². The molecule has 2 heteroatoms. The molecule has 0 unspecified atom stereocenters. The first-order chi connectivity index (χ1) is 5.48. The summed E-state index contributed by atoms with van der Waals surface area (Å²) in [4.78, 5) is 0. The van der Waals surface area contributed by atoms with Crippen molar-refractivity contribution in [3.63, 3.8) is 0 Å². The highest BCUT2D eigenvalue weighted by Gasteiger charge is 2.43. The van der Waals surface area contributed by atoms with Gasteiger partial charge in [0.25, 0.3) is 0 Å². The fourth-order valence-corrected chi connectivity index (χ4v) is 1.49. The van der Waals surface area contributed by atoms with Crippen LogP contribution in [-0.2, 0) is 0 Å². The van der Waals surface area contributed by atoms with E-state index in [-0.39, 0.29) is 11.1 Å². The average molecular weight is 166 g/mol. The lowest BCUT2D eigenvalue weighted by Gasteiger charge is -2.26. The van der Waals surface area contributed by atoms with Crippen LogP contribution >= 0.6 is 0 Å². The van der Waals surface area contributed by atoms with Crippen molar-refractivity contribution >= 4 is 0 Å². The molecule has 2 atom stereocenters. The Balaban J connectivity index is 2.96. The van der Waals surface area contributed by atoms with E-state index < -0.39 is 0 Å². The van der Waals surface area contributed by atoms with E-state index in [0.717, 1.165) is 12.8 Å². The number of nitrogens with zero attached hydrogens (tertiary/aromatic N) is 2. The highest BCUT2D eigenvalue weighted by Crippen LogP contribution is 2.42. The van der Waals surface area contributed by atoms with Crippen molar-refractivity contribution in [2.24, 2.45) is 10.2 Å². The third kappa shape index (κ3) is 1.10. The maximum absolute atomic E-state index is 4.32. The van der Waals surface area contributed by atoms with E-state index in [4.69, 9.17) is 0 Å². The summed E-state index contributed by atoms with van der Waals surface area (Å²) in [7, 11) is 0. The molecule has 0 saturated heterocycles. The minimum absolute atomic E-state index is 0.106. The van der Waals surface area contributed by atoms with Gasteiger partial charge in [0.1, 0.15) is 11.1 Å². The molecule has 0 N–H and O–H groups in total. The fraction of sp³-hybridized carbons (Fsp3) is 0.800. The van der Waals surface area contributed by atoms with Crippen molar-refractivity contribution in [2.45, 2.75) is 51.6 Å². The van der Waals surface area contributed by atoms with Crippen LogP contribution in [0.2, 0.25) is 0 Å². The summed E-state index contributed by atoms with van der Waals surface area (Å²) < 4.78 is 0. The molecule has 0 aromatic carbocycles. The van der Waals surface area contributed by atoms with E-state index in [1.165, 1.54) is 5.57 Å². The van der Waals surface area contributed by atoms with Gasteiger partial charge in [0.2, 0.25) is 0 Å². The SMILES string of the molecule is C=C1[C@@](C)(CC)N=N[C@]1(C)CC. The van der Waals surface area contributed by atoms with Crippen LogP contribution in [0.4, 0.5) is 0 Å². The van der Waals surface area contributed by atoms with Crippen LogP contribution in [0.15, 0.2) is 22.4 Å². The van der Waals surface area contributed by atoms with Crippen molar-refractivity contribution in [3.05, 3.63) is 12.2 Å². The quantitative estimate of drug-likeness (QED) is 0.562. The number of hydrogen-bond donors (Lipinski definition) is 0. The second kappa shape index (κ2) is 2.68. The Bertz CT molecular complexity index is 210. The van der Waals surface area contributed by atoms with Gasteiger partial charge < -0.3 is 0 Å². The van der Waals surface area contributed by atoms with Crippen molar-refractivity contribution in [1.29, 1.82) is 0 Å². The molecular formula is C10H18N2. The standard InChI is InChI=1S/C10H18N2/c1-6-9(4)8(3)10(5,7-2)12-11-9/h3,6-7H2,1-2,4-5H3/t9-,10-/m1/s1. The molecule has 0 amide bonds. The van der Waals surface area contributed by atoms with Crippen molar-refractivity contribution in [1.82, 2.24) is 0 Å². The molecular weight excluding hydrogens is 148 g/mol. The summed E-state index contributed by atoms with van der Waals surface area (Å²) in [6, 6.07) is 0. The van der Waals surface area contributed by atoms with Crippen LogP contribution < -0.4 is 0 Å². The minimum Gasteiger partial charge on any atom is -0.182 e. The molecule has 0 spiro atoms. The first-order valence-corrected chi connectivity index (χ1v) is 4.62. The van der Waals surface area contributed by atoms with Crippen molar-refractivity contribution < 1.29 is 0 Å². The van der Waals surface area contributed by atoms with Gasteiger partial charge in [-0.25, -0.2) is 0 Å². The van der Waals surface area contributed by atoms with Crippen LogP contribution in [0, 0.1) is 0 Å². The third-order valence-electron chi connectivity index (χ3n) is 3.17. The largest absolute Gasteiger partial charge is 0.182 e. The van der Waals surface area contributed by atoms with Crippen LogP contribution in [0.5, 0.6) is 0 Å². The predicted octanol–water partition coefficient (Wildman–Crippen LogP) is 3.35. The van der Waals surface area contributed by atoms with Crippen LogP contribution in [0.3, 0.4) is 0 Å². The summed E-state index contributed by atoms with van der Waals surface area (Å²) in [6.45, 7) is 12.6. The zero-order chi connectivity index (χ0) is 9.41. The monoisotopic (exact) mass is 166 g/mol. The molecule has 0 bridgehead atoms. The van der Waals surface area contributed by atoms with Crippen LogP contribution in [0.25, 0.3) is 0 Å². The Kier molecular flexibility index (Phi) is 2.11. The van der Waals surface area contributed by atoms with Gasteiger partial charge in [-0.1, -0.05) is 20.4 Å². The third-order valence-corrected chi connectivity index (χ3v) is 3.17. The molecule has 0 aliphatic carbocycles. The predicted molar refractivity (Wildman–Crippen MR) is 51.4 cm³/mol. The molecule has 12 heavy (non-hydrogen) atoms. The van der Waals surface area contributed by atoms with E-state index in [0.29, 0.717) is 0 Å². The zero-order valence-electron chi connectivity index (χ0n) is 8.52. The zero-order valence-corrected chi connectivity index (χ0v) is 8.52. The lowest BCUT2D eigenvalue weighted by molar-refractivity contribution is 0.495. The van der Waals surface area contributed by atoms with Gasteiger partial charge in [-0.2, -0.15) is 10.2 Å². The smallest absolute Gasteiger partial charge is 0.102 e. The molecule has 2 nitrogen and oxygen atoms in total. The normalized spacial score (nSPS) is 40.8. The molecule has 0 saturated carbocycles. The minimum atomic E-state index is -0.106. The Morgan fingerprint density at radius 1 is 1.08 bits per heavy atom. The Hall–Kier alpha value is -0.660. The summed E-state index contributed by atoms with van der Waals surface area (Å²) in [5.41, 5.74) is 0.954. The number of hydrogen-bond acceptors (Lipinski definition) is 2. The molecule has 1 heterocycles. The Morgan fingerprint density at radius 3 is 1.58 bits per heavy atom. The van der Waals surface area contributed by atoms with Crippen LogP contribution in [-0.4, -0.2) is 11.1 Å². The van der Waals surface area contributed by atoms with Crippen molar-refractivity contribution in [3.8, 4) is 0 Å². The molecule has 0 aromatic rings. The summed E-state index contributed by atoms with van der Waals surface area (Å²) in [5, 5.41) is 8.63.